The van der Waals surface area contributed by atoms with E-state index >= 15 is 0 Å². The molecule has 0 fully saturated rings. The standard InChI is InChI=1S/C20H21FN4OS/c1-3-18-22-14(12-27-18)11-24(2)20(26)19-16-5-4-6-17(16)25(23-19)15-9-7-13(21)8-10-15/h7-10,12H,3-6,11H2,1-2H3. The third-order valence-corrected chi connectivity index (χ3v) is 5.89. The van der Waals surface area contributed by atoms with Crippen LogP contribution in [-0.4, -0.2) is 32.6 Å². The zero-order chi connectivity index (χ0) is 19.0. The fourth-order valence-electron chi connectivity index (χ4n) is 3.48. The molecule has 7 heteroatoms. The highest BCUT2D eigenvalue weighted by molar-refractivity contribution is 7.09. The molecule has 0 aliphatic heterocycles. The lowest BCUT2D eigenvalue weighted by Crippen LogP contribution is -2.27. The number of benzene rings is 1. The summed E-state index contributed by atoms with van der Waals surface area (Å²) in [6.45, 7) is 2.54. The maximum Gasteiger partial charge on any atom is 0.274 e. The van der Waals surface area contributed by atoms with Gasteiger partial charge in [0.2, 0.25) is 0 Å². The molecule has 1 amide bonds. The average Bonchev–Trinajstić information content (AvgIpc) is 3.38. The number of halogens is 1. The van der Waals surface area contributed by atoms with Crippen molar-refractivity contribution in [1.29, 1.82) is 0 Å². The van der Waals surface area contributed by atoms with Crippen LogP contribution in [0, 0.1) is 5.82 Å². The molecule has 1 aromatic carbocycles. The molecule has 3 aromatic rings. The topological polar surface area (TPSA) is 51.0 Å². The first kappa shape index (κ1) is 17.9. The van der Waals surface area contributed by atoms with Crippen molar-refractivity contribution in [2.75, 3.05) is 7.05 Å². The lowest BCUT2D eigenvalue weighted by Gasteiger charge is -2.15. The van der Waals surface area contributed by atoms with Gasteiger partial charge in [0.25, 0.3) is 5.91 Å². The summed E-state index contributed by atoms with van der Waals surface area (Å²) >= 11 is 1.62. The number of aryl methyl sites for hydroxylation is 1. The monoisotopic (exact) mass is 384 g/mol. The molecule has 2 heterocycles. The van der Waals surface area contributed by atoms with Crippen molar-refractivity contribution in [2.24, 2.45) is 0 Å². The molecule has 1 aliphatic carbocycles. The van der Waals surface area contributed by atoms with E-state index in [-0.39, 0.29) is 11.7 Å². The Morgan fingerprint density at radius 2 is 2.07 bits per heavy atom. The van der Waals surface area contributed by atoms with Crippen molar-refractivity contribution in [3.63, 3.8) is 0 Å². The van der Waals surface area contributed by atoms with Crippen LogP contribution in [0.25, 0.3) is 5.69 Å². The van der Waals surface area contributed by atoms with Gasteiger partial charge in [0.05, 0.1) is 22.9 Å². The van der Waals surface area contributed by atoms with Crippen LogP contribution in [0.5, 0.6) is 0 Å². The average molecular weight is 384 g/mol. The summed E-state index contributed by atoms with van der Waals surface area (Å²) in [6, 6.07) is 6.22. The van der Waals surface area contributed by atoms with Crippen LogP contribution < -0.4 is 0 Å². The highest BCUT2D eigenvalue weighted by Crippen LogP contribution is 2.28. The van der Waals surface area contributed by atoms with E-state index in [2.05, 4.69) is 17.0 Å². The predicted molar refractivity (Wildman–Crippen MR) is 103 cm³/mol. The molecule has 2 aromatic heterocycles. The number of rotatable bonds is 5. The largest absolute Gasteiger partial charge is 0.334 e. The highest BCUT2D eigenvalue weighted by atomic mass is 32.1. The predicted octanol–water partition coefficient (Wildman–Crippen LogP) is 3.79. The fourth-order valence-corrected chi connectivity index (χ4v) is 4.22. The van der Waals surface area contributed by atoms with Crippen LogP contribution >= 0.6 is 11.3 Å². The zero-order valence-corrected chi connectivity index (χ0v) is 16.2. The first-order chi connectivity index (χ1) is 13.1. The third kappa shape index (κ3) is 3.39. The second kappa shape index (κ2) is 7.23. The number of hydrogen-bond acceptors (Lipinski definition) is 4. The molecule has 0 N–H and O–H groups in total. The quantitative estimate of drug-likeness (QED) is 0.672. The molecule has 0 atom stereocenters. The Morgan fingerprint density at radius 3 is 2.78 bits per heavy atom. The van der Waals surface area contributed by atoms with Gasteiger partial charge in [-0.05, 0) is 49.9 Å². The lowest BCUT2D eigenvalue weighted by atomic mass is 10.2. The number of nitrogens with zero attached hydrogens (tertiary/aromatic N) is 4. The number of carbonyl (C=O) groups excluding carboxylic acids is 1. The molecule has 140 valence electrons. The second-order valence-electron chi connectivity index (χ2n) is 6.76. The van der Waals surface area contributed by atoms with E-state index in [4.69, 9.17) is 0 Å². The number of fused-ring (bicyclic) bond motifs is 1. The first-order valence-electron chi connectivity index (χ1n) is 9.12. The Hall–Kier alpha value is -2.54. The molecule has 0 bridgehead atoms. The van der Waals surface area contributed by atoms with E-state index in [1.165, 1.54) is 12.1 Å². The molecule has 0 spiro atoms. The molecule has 1 aliphatic rings. The highest BCUT2D eigenvalue weighted by Gasteiger charge is 2.28. The van der Waals surface area contributed by atoms with Crippen molar-refractivity contribution < 1.29 is 9.18 Å². The molecule has 27 heavy (non-hydrogen) atoms. The molecule has 0 radical (unpaired) electrons. The van der Waals surface area contributed by atoms with Crippen LogP contribution in [0.3, 0.4) is 0 Å². The second-order valence-corrected chi connectivity index (χ2v) is 7.71. The lowest BCUT2D eigenvalue weighted by molar-refractivity contribution is 0.0776. The normalized spacial score (nSPS) is 13.0. The van der Waals surface area contributed by atoms with Crippen LogP contribution in [0.4, 0.5) is 4.39 Å². The Balaban J connectivity index is 1.62. The number of amides is 1. The Kier molecular flexibility index (Phi) is 4.78. The maximum absolute atomic E-state index is 13.3. The molecule has 0 saturated carbocycles. The number of hydrogen-bond donors (Lipinski definition) is 0. The van der Waals surface area contributed by atoms with Gasteiger partial charge in [0, 0.05) is 23.7 Å². The van der Waals surface area contributed by atoms with Gasteiger partial charge in [-0.15, -0.1) is 11.3 Å². The van der Waals surface area contributed by atoms with Gasteiger partial charge in [-0.25, -0.2) is 14.1 Å². The van der Waals surface area contributed by atoms with Gasteiger partial charge in [-0.1, -0.05) is 6.92 Å². The molecule has 0 saturated heterocycles. The van der Waals surface area contributed by atoms with Crippen molar-refractivity contribution in [1.82, 2.24) is 19.7 Å². The Bertz CT molecular complexity index is 977. The number of thiazole rings is 1. The minimum atomic E-state index is -0.284. The third-order valence-electron chi connectivity index (χ3n) is 4.85. The summed E-state index contributed by atoms with van der Waals surface area (Å²) < 4.78 is 15.0. The molecule has 0 unspecified atom stereocenters. The van der Waals surface area contributed by atoms with E-state index in [9.17, 15) is 9.18 Å². The van der Waals surface area contributed by atoms with E-state index in [0.29, 0.717) is 12.2 Å². The van der Waals surface area contributed by atoms with E-state index < -0.39 is 0 Å². The van der Waals surface area contributed by atoms with Crippen LogP contribution in [0.1, 0.15) is 45.8 Å². The van der Waals surface area contributed by atoms with Crippen LogP contribution in [0.15, 0.2) is 29.6 Å². The van der Waals surface area contributed by atoms with E-state index in [1.54, 1.807) is 40.1 Å². The first-order valence-corrected chi connectivity index (χ1v) is 10.00. The maximum atomic E-state index is 13.3. The van der Waals surface area contributed by atoms with Gasteiger partial charge < -0.3 is 4.90 Å². The zero-order valence-electron chi connectivity index (χ0n) is 15.4. The number of carbonyl (C=O) groups is 1. The molecule has 5 nitrogen and oxygen atoms in total. The van der Waals surface area contributed by atoms with Gasteiger partial charge in [-0.2, -0.15) is 5.10 Å². The number of aromatic nitrogens is 3. The SMILES string of the molecule is CCc1nc(CN(C)C(=O)c2nn(-c3ccc(F)cc3)c3c2CCC3)cs1. The minimum Gasteiger partial charge on any atom is -0.334 e. The summed E-state index contributed by atoms with van der Waals surface area (Å²) in [4.78, 5) is 19.3. The van der Waals surface area contributed by atoms with Crippen molar-refractivity contribution >= 4 is 17.2 Å². The Labute approximate surface area is 161 Å². The summed E-state index contributed by atoms with van der Waals surface area (Å²) in [5.41, 5.74) is 4.26. The fraction of sp³-hybridized carbons (Fsp3) is 0.350. The molecule has 4 rings (SSSR count). The summed E-state index contributed by atoms with van der Waals surface area (Å²) in [6.07, 6.45) is 3.63. The van der Waals surface area contributed by atoms with Gasteiger partial charge >= 0.3 is 0 Å². The summed E-state index contributed by atoms with van der Waals surface area (Å²) in [7, 11) is 1.78. The van der Waals surface area contributed by atoms with Gasteiger partial charge in [-0.3, -0.25) is 4.79 Å². The van der Waals surface area contributed by atoms with Crippen LogP contribution in [-0.2, 0) is 25.8 Å². The van der Waals surface area contributed by atoms with Gasteiger partial charge in [0.1, 0.15) is 5.82 Å². The van der Waals surface area contributed by atoms with Crippen molar-refractivity contribution in [2.45, 2.75) is 39.2 Å². The van der Waals surface area contributed by atoms with Gasteiger partial charge in [0.15, 0.2) is 5.69 Å². The van der Waals surface area contributed by atoms with Crippen molar-refractivity contribution in [3.8, 4) is 5.69 Å². The smallest absolute Gasteiger partial charge is 0.274 e. The van der Waals surface area contributed by atoms with E-state index in [0.717, 1.165) is 53.3 Å². The molecular formula is C20H21FN4OS. The van der Waals surface area contributed by atoms with Crippen molar-refractivity contribution in [3.05, 3.63) is 63.1 Å². The van der Waals surface area contributed by atoms with E-state index in [1.807, 2.05) is 5.38 Å². The van der Waals surface area contributed by atoms with Crippen LogP contribution in [0.2, 0.25) is 0 Å². The summed E-state index contributed by atoms with van der Waals surface area (Å²) in [5.74, 6) is -0.381. The molecular weight excluding hydrogens is 363 g/mol. The Morgan fingerprint density at radius 1 is 1.30 bits per heavy atom. The summed E-state index contributed by atoms with van der Waals surface area (Å²) in [5, 5.41) is 7.68. The minimum absolute atomic E-state index is 0.0972.